The van der Waals surface area contributed by atoms with E-state index in [4.69, 9.17) is 23.2 Å². The van der Waals surface area contributed by atoms with Crippen molar-refractivity contribution >= 4 is 40.7 Å². The number of carbonyl (C=O) groups excluding carboxylic acids is 2. The maximum Gasteiger partial charge on any atom is 0.259 e. The lowest BCUT2D eigenvalue weighted by atomic mass is 10.1. The summed E-state index contributed by atoms with van der Waals surface area (Å²) in [5, 5.41) is 3.55. The second-order valence-electron chi connectivity index (χ2n) is 8.49. The zero-order valence-corrected chi connectivity index (χ0v) is 21.4. The molecule has 0 aliphatic heterocycles. The van der Waals surface area contributed by atoms with Gasteiger partial charge in [-0.2, -0.15) is 0 Å². The summed E-state index contributed by atoms with van der Waals surface area (Å²) >= 11 is 12.2. The first-order valence-corrected chi connectivity index (χ1v) is 13.0. The van der Waals surface area contributed by atoms with Crippen LogP contribution in [-0.4, -0.2) is 24.9 Å². The minimum Gasteiger partial charge on any atom is -0.354 e. The number of nitrogens with zero attached hydrogens (tertiary/aromatic N) is 1. The van der Waals surface area contributed by atoms with E-state index in [1.165, 1.54) is 73.8 Å². The Morgan fingerprint density at radius 2 is 1.50 bits per heavy atom. The van der Waals surface area contributed by atoms with Gasteiger partial charge in [0.15, 0.2) is 0 Å². The SMILES string of the molecule is CCCCCCCCCCCC(=O)NCCN(C(=O)c1ccc(Cl)cc1Cl)c1ccc(F)cc1. The van der Waals surface area contributed by atoms with E-state index >= 15 is 0 Å². The average Bonchev–Trinajstić information content (AvgIpc) is 2.81. The second kappa shape index (κ2) is 15.7. The van der Waals surface area contributed by atoms with E-state index in [0.717, 1.165) is 19.3 Å². The highest BCUT2D eigenvalue weighted by atomic mass is 35.5. The van der Waals surface area contributed by atoms with Crippen LogP contribution in [0.4, 0.5) is 10.1 Å². The molecule has 186 valence electrons. The summed E-state index contributed by atoms with van der Waals surface area (Å²) in [7, 11) is 0. The molecule has 2 aromatic rings. The van der Waals surface area contributed by atoms with Crippen molar-refractivity contribution in [2.75, 3.05) is 18.0 Å². The minimum atomic E-state index is -0.394. The highest BCUT2D eigenvalue weighted by Gasteiger charge is 2.20. The van der Waals surface area contributed by atoms with Crippen molar-refractivity contribution in [3.63, 3.8) is 0 Å². The number of amides is 2. The third-order valence-corrected chi connectivity index (χ3v) is 6.26. The summed E-state index contributed by atoms with van der Waals surface area (Å²) in [6.45, 7) is 2.73. The van der Waals surface area contributed by atoms with Gasteiger partial charge in [0.25, 0.3) is 5.91 Å². The monoisotopic (exact) mass is 508 g/mol. The van der Waals surface area contributed by atoms with Gasteiger partial charge in [-0.1, -0.05) is 81.5 Å². The lowest BCUT2D eigenvalue weighted by Gasteiger charge is -2.24. The summed E-state index contributed by atoms with van der Waals surface area (Å²) in [6, 6.07) is 10.3. The van der Waals surface area contributed by atoms with Crippen molar-refractivity contribution in [1.29, 1.82) is 0 Å². The Bertz CT molecular complexity index is 906. The Hall–Kier alpha value is -2.11. The summed E-state index contributed by atoms with van der Waals surface area (Å²) < 4.78 is 13.4. The first kappa shape index (κ1) is 28.1. The Morgan fingerprint density at radius 1 is 0.882 bits per heavy atom. The molecule has 0 heterocycles. The van der Waals surface area contributed by atoms with Crippen LogP contribution in [0.15, 0.2) is 42.5 Å². The fourth-order valence-electron chi connectivity index (χ4n) is 3.77. The number of nitrogens with one attached hydrogen (secondary N) is 1. The third-order valence-electron chi connectivity index (χ3n) is 5.71. The molecular weight excluding hydrogens is 474 g/mol. The molecule has 2 amide bonds. The van der Waals surface area contributed by atoms with E-state index in [9.17, 15) is 14.0 Å². The number of unbranched alkanes of at least 4 members (excludes halogenated alkanes) is 8. The van der Waals surface area contributed by atoms with Crippen LogP contribution in [0, 0.1) is 5.82 Å². The van der Waals surface area contributed by atoms with Crippen LogP contribution in [0.1, 0.15) is 81.5 Å². The Kier molecular flexibility index (Phi) is 13.0. The molecule has 0 aliphatic rings. The molecular formula is C27H35Cl2FN2O2. The molecule has 0 spiro atoms. The van der Waals surface area contributed by atoms with Crippen LogP contribution in [0.25, 0.3) is 0 Å². The summed E-state index contributed by atoms with van der Waals surface area (Å²) in [5.41, 5.74) is 0.807. The van der Waals surface area contributed by atoms with Crippen molar-refractivity contribution in [3.05, 3.63) is 63.9 Å². The van der Waals surface area contributed by atoms with Crippen molar-refractivity contribution in [2.24, 2.45) is 0 Å². The fourth-order valence-corrected chi connectivity index (χ4v) is 4.26. The molecule has 7 heteroatoms. The molecule has 0 radical (unpaired) electrons. The predicted molar refractivity (Wildman–Crippen MR) is 139 cm³/mol. The zero-order chi connectivity index (χ0) is 24.8. The van der Waals surface area contributed by atoms with Crippen LogP contribution in [0.3, 0.4) is 0 Å². The van der Waals surface area contributed by atoms with Gasteiger partial charge < -0.3 is 10.2 Å². The number of benzene rings is 2. The normalized spacial score (nSPS) is 10.8. The van der Waals surface area contributed by atoms with Crippen LogP contribution in [-0.2, 0) is 4.79 Å². The van der Waals surface area contributed by atoms with Gasteiger partial charge in [0.2, 0.25) is 5.91 Å². The van der Waals surface area contributed by atoms with E-state index in [-0.39, 0.29) is 35.5 Å². The van der Waals surface area contributed by atoms with Gasteiger partial charge in [0.05, 0.1) is 10.6 Å². The first-order chi connectivity index (χ1) is 16.4. The van der Waals surface area contributed by atoms with Gasteiger partial charge in [-0.15, -0.1) is 0 Å². The van der Waals surface area contributed by atoms with E-state index in [0.29, 0.717) is 17.1 Å². The van der Waals surface area contributed by atoms with Crippen LogP contribution in [0.5, 0.6) is 0 Å². The number of halogens is 3. The summed E-state index contributed by atoms with van der Waals surface area (Å²) in [4.78, 5) is 26.9. The quantitative estimate of drug-likeness (QED) is 0.249. The highest BCUT2D eigenvalue weighted by molar-refractivity contribution is 6.37. The molecule has 0 atom stereocenters. The van der Waals surface area contributed by atoms with Gasteiger partial charge in [0, 0.05) is 30.2 Å². The van der Waals surface area contributed by atoms with E-state index < -0.39 is 5.82 Å². The lowest BCUT2D eigenvalue weighted by Crippen LogP contribution is -2.38. The summed E-state index contributed by atoms with van der Waals surface area (Å²) in [6.07, 6.45) is 11.3. The molecule has 2 rings (SSSR count). The predicted octanol–water partition coefficient (Wildman–Crippen LogP) is 7.82. The van der Waals surface area contributed by atoms with Crippen molar-refractivity contribution < 1.29 is 14.0 Å². The van der Waals surface area contributed by atoms with Gasteiger partial charge in [-0.3, -0.25) is 9.59 Å². The zero-order valence-electron chi connectivity index (χ0n) is 19.9. The molecule has 1 N–H and O–H groups in total. The van der Waals surface area contributed by atoms with Crippen molar-refractivity contribution in [3.8, 4) is 0 Å². The van der Waals surface area contributed by atoms with Crippen LogP contribution in [0.2, 0.25) is 10.0 Å². The maximum atomic E-state index is 13.4. The number of hydrogen-bond donors (Lipinski definition) is 1. The second-order valence-corrected chi connectivity index (χ2v) is 9.33. The highest BCUT2D eigenvalue weighted by Crippen LogP contribution is 2.25. The third kappa shape index (κ3) is 10.0. The molecule has 34 heavy (non-hydrogen) atoms. The lowest BCUT2D eigenvalue weighted by molar-refractivity contribution is -0.121. The van der Waals surface area contributed by atoms with E-state index in [1.54, 1.807) is 12.1 Å². The largest absolute Gasteiger partial charge is 0.354 e. The van der Waals surface area contributed by atoms with Gasteiger partial charge in [-0.25, -0.2) is 4.39 Å². The van der Waals surface area contributed by atoms with Crippen molar-refractivity contribution in [2.45, 2.75) is 71.1 Å². The molecule has 0 bridgehead atoms. The van der Waals surface area contributed by atoms with Gasteiger partial charge in [-0.05, 0) is 48.9 Å². The smallest absolute Gasteiger partial charge is 0.259 e. The molecule has 0 fully saturated rings. The van der Waals surface area contributed by atoms with Crippen molar-refractivity contribution in [1.82, 2.24) is 5.32 Å². The molecule has 2 aromatic carbocycles. The molecule has 0 aromatic heterocycles. The average molecular weight is 509 g/mol. The Balaban J connectivity index is 1.82. The molecule has 0 aliphatic carbocycles. The van der Waals surface area contributed by atoms with Crippen LogP contribution < -0.4 is 10.2 Å². The fraction of sp³-hybridized carbons (Fsp3) is 0.481. The minimum absolute atomic E-state index is 0.0287. The Morgan fingerprint density at radius 3 is 2.12 bits per heavy atom. The van der Waals surface area contributed by atoms with Crippen LogP contribution >= 0.6 is 23.2 Å². The number of rotatable bonds is 15. The number of anilines is 1. The Labute approximate surface area is 212 Å². The standard InChI is InChI=1S/C27H35Cl2FN2O2/c1-2-3-4-5-6-7-8-9-10-11-26(33)31-18-19-32(23-15-13-22(30)14-16-23)27(34)24-17-12-21(28)20-25(24)29/h12-17,20H,2-11,18-19H2,1H3,(H,31,33). The molecule has 0 saturated heterocycles. The summed E-state index contributed by atoms with van der Waals surface area (Å²) in [5.74, 6) is -0.768. The number of carbonyl (C=O) groups is 2. The number of hydrogen-bond acceptors (Lipinski definition) is 2. The van der Waals surface area contributed by atoms with Gasteiger partial charge in [0.1, 0.15) is 5.82 Å². The maximum absolute atomic E-state index is 13.4. The molecule has 0 saturated carbocycles. The molecule has 0 unspecified atom stereocenters. The molecule has 4 nitrogen and oxygen atoms in total. The van der Waals surface area contributed by atoms with E-state index in [2.05, 4.69) is 12.2 Å². The first-order valence-electron chi connectivity index (χ1n) is 12.2. The van der Waals surface area contributed by atoms with Gasteiger partial charge >= 0.3 is 0 Å². The topological polar surface area (TPSA) is 49.4 Å². The van der Waals surface area contributed by atoms with E-state index in [1.807, 2.05) is 0 Å².